The summed E-state index contributed by atoms with van der Waals surface area (Å²) in [6.07, 6.45) is 4.66. The van der Waals surface area contributed by atoms with Crippen LogP contribution in [0.1, 0.15) is 48.5 Å². The smallest absolute Gasteiger partial charge is 0.127 e. The lowest BCUT2D eigenvalue weighted by Gasteiger charge is -2.25. The van der Waals surface area contributed by atoms with E-state index >= 15 is 0 Å². The number of hydrogen-bond acceptors (Lipinski definition) is 3. The number of rotatable bonds is 4. The Labute approximate surface area is 122 Å². The van der Waals surface area contributed by atoms with Crippen LogP contribution >= 0.6 is 0 Å². The summed E-state index contributed by atoms with van der Waals surface area (Å²) in [7, 11) is 1.68. The van der Waals surface area contributed by atoms with Gasteiger partial charge < -0.3 is 14.7 Å². The molecule has 0 saturated carbocycles. The third kappa shape index (κ3) is 3.74. The average Bonchev–Trinajstić information content (AvgIpc) is 2.66. The van der Waals surface area contributed by atoms with E-state index < -0.39 is 6.10 Å². The zero-order chi connectivity index (χ0) is 14.5. The van der Waals surface area contributed by atoms with Crippen molar-refractivity contribution in [2.24, 2.45) is 0 Å². The van der Waals surface area contributed by atoms with Crippen LogP contribution in [0.5, 0.6) is 5.75 Å². The van der Waals surface area contributed by atoms with Gasteiger partial charge in [0.2, 0.25) is 0 Å². The predicted molar refractivity (Wildman–Crippen MR) is 82.3 cm³/mol. The summed E-state index contributed by atoms with van der Waals surface area (Å²) in [5, 5.41) is 10.6. The minimum Gasteiger partial charge on any atom is -0.496 e. The molecule has 0 bridgehead atoms. The van der Waals surface area contributed by atoms with Crippen LogP contribution in [-0.4, -0.2) is 36.8 Å². The molecule has 0 amide bonds. The highest BCUT2D eigenvalue weighted by Crippen LogP contribution is 2.31. The molecule has 0 spiro atoms. The molecule has 1 aliphatic heterocycles. The van der Waals surface area contributed by atoms with Gasteiger partial charge in [-0.05, 0) is 51.4 Å². The molecule has 1 atom stereocenters. The van der Waals surface area contributed by atoms with Gasteiger partial charge in [-0.15, -0.1) is 0 Å². The highest BCUT2D eigenvalue weighted by molar-refractivity contribution is 5.45. The molecule has 1 fully saturated rings. The summed E-state index contributed by atoms with van der Waals surface area (Å²) < 4.78 is 5.49. The molecule has 0 radical (unpaired) electrons. The fourth-order valence-electron chi connectivity index (χ4n) is 3.18. The Morgan fingerprint density at radius 1 is 1.15 bits per heavy atom. The van der Waals surface area contributed by atoms with E-state index in [1.54, 1.807) is 7.11 Å². The van der Waals surface area contributed by atoms with Crippen molar-refractivity contribution >= 4 is 0 Å². The van der Waals surface area contributed by atoms with E-state index in [9.17, 15) is 5.11 Å². The van der Waals surface area contributed by atoms with E-state index in [4.69, 9.17) is 4.74 Å². The van der Waals surface area contributed by atoms with Gasteiger partial charge in [0, 0.05) is 12.1 Å². The molecular formula is C17H27NO2. The van der Waals surface area contributed by atoms with Gasteiger partial charge >= 0.3 is 0 Å². The molecular weight excluding hydrogens is 250 g/mol. The number of nitrogens with zero attached hydrogens (tertiary/aromatic N) is 1. The highest BCUT2D eigenvalue weighted by Gasteiger charge is 2.19. The van der Waals surface area contributed by atoms with E-state index in [0.29, 0.717) is 6.54 Å². The van der Waals surface area contributed by atoms with Crippen molar-refractivity contribution in [2.75, 3.05) is 26.7 Å². The van der Waals surface area contributed by atoms with Crippen LogP contribution in [0.4, 0.5) is 0 Å². The second-order valence-electron chi connectivity index (χ2n) is 5.93. The Morgan fingerprint density at radius 2 is 1.80 bits per heavy atom. The quantitative estimate of drug-likeness (QED) is 0.917. The number of aliphatic hydroxyl groups excluding tert-OH is 1. The zero-order valence-electron chi connectivity index (χ0n) is 13.0. The number of aryl methyl sites for hydroxylation is 2. The number of β-amino-alcohol motifs (C(OH)–C–C–N with tert-alkyl or cyclic N) is 1. The van der Waals surface area contributed by atoms with Gasteiger partial charge in [-0.1, -0.05) is 24.5 Å². The summed E-state index contributed by atoms with van der Waals surface area (Å²) in [6.45, 7) is 7.01. The Bertz CT molecular complexity index is 437. The first kappa shape index (κ1) is 15.3. The van der Waals surface area contributed by atoms with Crippen molar-refractivity contribution in [1.29, 1.82) is 0 Å². The molecule has 2 rings (SSSR count). The molecule has 1 heterocycles. The Balaban J connectivity index is 2.13. The second kappa shape index (κ2) is 7.09. The molecule has 1 N–H and O–H groups in total. The van der Waals surface area contributed by atoms with Gasteiger partial charge in [-0.2, -0.15) is 0 Å². The fraction of sp³-hybridized carbons (Fsp3) is 0.647. The lowest BCUT2D eigenvalue weighted by molar-refractivity contribution is 0.112. The fourth-order valence-corrected chi connectivity index (χ4v) is 3.18. The van der Waals surface area contributed by atoms with Crippen molar-refractivity contribution < 1.29 is 9.84 Å². The minimum atomic E-state index is -0.471. The van der Waals surface area contributed by atoms with Gasteiger partial charge in [-0.25, -0.2) is 0 Å². The first-order chi connectivity index (χ1) is 9.61. The summed E-state index contributed by atoms with van der Waals surface area (Å²) in [5.74, 6) is 0.831. The molecule has 112 valence electrons. The van der Waals surface area contributed by atoms with Crippen LogP contribution < -0.4 is 4.74 Å². The van der Waals surface area contributed by atoms with Crippen LogP contribution in [0, 0.1) is 13.8 Å². The number of hydrogen-bond donors (Lipinski definition) is 1. The second-order valence-corrected chi connectivity index (χ2v) is 5.93. The number of benzene rings is 1. The summed E-state index contributed by atoms with van der Waals surface area (Å²) in [4.78, 5) is 2.38. The maximum atomic E-state index is 10.6. The predicted octanol–water partition coefficient (Wildman–Crippen LogP) is 3.22. The van der Waals surface area contributed by atoms with Crippen molar-refractivity contribution in [2.45, 2.75) is 45.6 Å². The van der Waals surface area contributed by atoms with Gasteiger partial charge in [0.1, 0.15) is 5.75 Å². The topological polar surface area (TPSA) is 32.7 Å². The van der Waals surface area contributed by atoms with Crippen LogP contribution in [0.2, 0.25) is 0 Å². The van der Waals surface area contributed by atoms with Crippen molar-refractivity contribution in [3.05, 3.63) is 28.8 Å². The van der Waals surface area contributed by atoms with Gasteiger partial charge in [0.25, 0.3) is 0 Å². The van der Waals surface area contributed by atoms with Crippen molar-refractivity contribution in [3.8, 4) is 5.75 Å². The summed E-state index contributed by atoms with van der Waals surface area (Å²) in [5.41, 5.74) is 3.19. The Morgan fingerprint density at radius 3 is 2.40 bits per heavy atom. The normalized spacial score (nSPS) is 18.6. The lowest BCUT2D eigenvalue weighted by Crippen LogP contribution is -2.29. The number of ether oxygens (including phenoxy) is 1. The highest BCUT2D eigenvalue weighted by atomic mass is 16.5. The first-order valence-electron chi connectivity index (χ1n) is 7.67. The maximum absolute atomic E-state index is 10.6. The average molecular weight is 277 g/mol. The summed E-state index contributed by atoms with van der Waals surface area (Å²) in [6, 6.07) is 4.15. The molecule has 3 nitrogen and oxygen atoms in total. The van der Waals surface area contributed by atoms with E-state index in [2.05, 4.69) is 17.9 Å². The van der Waals surface area contributed by atoms with E-state index in [0.717, 1.165) is 30.0 Å². The third-order valence-electron chi connectivity index (χ3n) is 4.14. The summed E-state index contributed by atoms with van der Waals surface area (Å²) >= 11 is 0. The molecule has 3 heteroatoms. The number of aliphatic hydroxyl groups is 1. The zero-order valence-corrected chi connectivity index (χ0v) is 13.0. The molecule has 1 aromatic rings. The Hall–Kier alpha value is -1.06. The molecule has 1 aromatic carbocycles. The largest absolute Gasteiger partial charge is 0.496 e. The van der Waals surface area contributed by atoms with Crippen LogP contribution in [0.25, 0.3) is 0 Å². The molecule has 0 aliphatic carbocycles. The molecule has 1 saturated heterocycles. The standard InChI is InChI=1S/C17H27NO2/c1-13-10-14(2)17(20-3)15(11-13)16(19)12-18-8-6-4-5-7-9-18/h10-11,16,19H,4-9,12H2,1-3H3. The third-order valence-corrected chi connectivity index (χ3v) is 4.14. The molecule has 20 heavy (non-hydrogen) atoms. The van der Waals surface area contributed by atoms with Gasteiger partial charge in [-0.3, -0.25) is 0 Å². The lowest BCUT2D eigenvalue weighted by atomic mass is 10.0. The van der Waals surface area contributed by atoms with Gasteiger partial charge in [0.05, 0.1) is 13.2 Å². The van der Waals surface area contributed by atoms with Crippen molar-refractivity contribution in [1.82, 2.24) is 4.90 Å². The van der Waals surface area contributed by atoms with Crippen LogP contribution in [0.3, 0.4) is 0 Å². The van der Waals surface area contributed by atoms with E-state index in [1.165, 1.54) is 31.2 Å². The Kier molecular flexibility index (Phi) is 5.44. The molecule has 1 unspecified atom stereocenters. The van der Waals surface area contributed by atoms with Crippen LogP contribution in [-0.2, 0) is 0 Å². The van der Waals surface area contributed by atoms with E-state index in [-0.39, 0.29) is 0 Å². The molecule has 1 aliphatic rings. The maximum Gasteiger partial charge on any atom is 0.127 e. The SMILES string of the molecule is COc1c(C)cc(C)cc1C(O)CN1CCCCCC1. The van der Waals surface area contributed by atoms with Crippen LogP contribution in [0.15, 0.2) is 12.1 Å². The first-order valence-corrected chi connectivity index (χ1v) is 7.67. The van der Waals surface area contributed by atoms with E-state index in [1.807, 2.05) is 13.0 Å². The number of methoxy groups -OCH3 is 1. The monoisotopic (exact) mass is 277 g/mol. The van der Waals surface area contributed by atoms with Gasteiger partial charge in [0.15, 0.2) is 0 Å². The minimum absolute atomic E-state index is 0.471. The molecule has 0 aromatic heterocycles. The van der Waals surface area contributed by atoms with Crippen molar-refractivity contribution in [3.63, 3.8) is 0 Å². The number of likely N-dealkylation sites (tertiary alicyclic amines) is 1.